The minimum absolute atomic E-state index is 0. The van der Waals surface area contributed by atoms with Crippen LogP contribution < -0.4 is 25.8 Å². The van der Waals surface area contributed by atoms with Crippen molar-refractivity contribution in [3.63, 3.8) is 0 Å². The van der Waals surface area contributed by atoms with Crippen molar-refractivity contribution in [2.45, 2.75) is 102 Å². The summed E-state index contributed by atoms with van der Waals surface area (Å²) in [6, 6.07) is 25.6. The number of carbonyl (C=O) groups excluding carboxylic acids is 1. The van der Waals surface area contributed by atoms with Gasteiger partial charge in [-0.25, -0.2) is 4.79 Å². The highest BCUT2D eigenvalue weighted by atomic mass is 35.5. The Bertz CT molecular complexity index is 2360. The molecule has 1 aliphatic carbocycles. The molecule has 0 spiro atoms. The summed E-state index contributed by atoms with van der Waals surface area (Å²) in [6.07, 6.45) is 7.84. The Morgan fingerprint density at radius 1 is 0.922 bits per heavy atom. The van der Waals surface area contributed by atoms with Gasteiger partial charge in [0.25, 0.3) is 0 Å². The van der Waals surface area contributed by atoms with Crippen LogP contribution in [0.3, 0.4) is 0 Å². The molecular weight excluding hydrogens is 844 g/mol. The molecule has 0 bridgehead atoms. The number of phenolic OH excluding ortho intramolecular Hbond substituents is 1. The molecule has 1 heterocycles. The third kappa shape index (κ3) is 13.0. The first-order valence-corrected chi connectivity index (χ1v) is 22.2. The predicted octanol–water partition coefficient (Wildman–Crippen LogP) is 9.96. The summed E-state index contributed by atoms with van der Waals surface area (Å²) in [6.45, 7) is 3.75. The van der Waals surface area contributed by atoms with Crippen LogP contribution in [-0.2, 0) is 17.8 Å². The number of halogens is 3. The lowest BCUT2D eigenvalue weighted by Crippen LogP contribution is -2.45. The van der Waals surface area contributed by atoms with E-state index in [1.54, 1.807) is 29.2 Å². The second-order valence-electron chi connectivity index (χ2n) is 16.4. The number of rotatable bonds is 20. The number of phenols is 1. The molecule has 5 aromatic rings. The molecule has 1 saturated carbocycles. The van der Waals surface area contributed by atoms with Gasteiger partial charge >= 0.3 is 6.09 Å². The number of aliphatic hydroxyl groups is 1. The summed E-state index contributed by atoms with van der Waals surface area (Å²) in [7, 11) is 3.73. The molecule has 6 rings (SSSR count). The van der Waals surface area contributed by atoms with E-state index >= 15 is 0 Å². The lowest BCUT2D eigenvalue weighted by molar-refractivity contribution is -0.116. The van der Waals surface area contributed by atoms with E-state index in [2.05, 4.69) is 34.5 Å². The van der Waals surface area contributed by atoms with E-state index in [9.17, 15) is 29.7 Å². The Morgan fingerprint density at radius 3 is 2.36 bits per heavy atom. The van der Waals surface area contributed by atoms with E-state index in [-0.39, 0.29) is 51.1 Å². The molecule has 1 unspecified atom stereocenters. The van der Waals surface area contributed by atoms with Crippen LogP contribution in [0.25, 0.3) is 22.0 Å². The van der Waals surface area contributed by atoms with Gasteiger partial charge in [-0.1, -0.05) is 86.3 Å². The Labute approximate surface area is 378 Å². The summed E-state index contributed by atoms with van der Waals surface area (Å²) in [4.78, 5) is 44.8. The number of hydrogen-bond donors (Lipinski definition) is 6. The fourth-order valence-corrected chi connectivity index (χ4v) is 8.90. The molecular formula is C49H62ClF2N5O7. The topological polar surface area (TPSA) is 167 Å². The predicted molar refractivity (Wildman–Crippen MR) is 253 cm³/mol. The Morgan fingerprint density at radius 2 is 1.66 bits per heavy atom. The van der Waals surface area contributed by atoms with Crippen molar-refractivity contribution in [2.24, 2.45) is 0 Å². The van der Waals surface area contributed by atoms with Crippen LogP contribution in [0, 0.1) is 0 Å². The van der Waals surface area contributed by atoms with Crippen LogP contribution in [0.2, 0.25) is 5.02 Å². The molecule has 64 heavy (non-hydrogen) atoms. The zero-order chi connectivity index (χ0) is 44.2. The number of hydrogen-bond acceptors (Lipinski definition) is 8. The maximum atomic E-state index is 13.3. The second kappa shape index (κ2) is 24.5. The van der Waals surface area contributed by atoms with E-state index in [4.69, 9.17) is 16.3 Å². The Balaban J connectivity index is 0.00000449. The number of methoxy groups -OCH3 is 1. The average molecular weight is 907 g/mol. The number of pyridine rings is 1. The highest BCUT2D eigenvalue weighted by Crippen LogP contribution is 2.38. The van der Waals surface area contributed by atoms with E-state index in [0.29, 0.717) is 64.1 Å². The van der Waals surface area contributed by atoms with Gasteiger partial charge in [-0.3, -0.25) is 23.9 Å². The summed E-state index contributed by atoms with van der Waals surface area (Å²) in [5.41, 5.74) is 5.02. The Hall–Kier alpha value is -5.54. The SMILES string of the molecule is CCCCCCN(C)[C@H]1CC[C@H](N(C(=O)O)c2cc(CCCC(=O)Nc3cc(OC)c(CNCC(O)c4ccc(O)c5[nH]c(=O)ccc45)cc3Cl)ccc2-c2ccccc2)CC1.F.F. The number of aromatic amines is 1. The van der Waals surface area contributed by atoms with Crippen molar-refractivity contribution in [1.82, 2.24) is 15.2 Å². The van der Waals surface area contributed by atoms with Gasteiger partial charge < -0.3 is 40.6 Å². The summed E-state index contributed by atoms with van der Waals surface area (Å²) in [5, 5.41) is 38.9. The first-order chi connectivity index (χ1) is 30.0. The number of aromatic hydroxyl groups is 1. The van der Waals surface area contributed by atoms with Crippen molar-refractivity contribution in [1.29, 1.82) is 0 Å². The molecule has 1 atom stereocenters. The third-order valence-electron chi connectivity index (χ3n) is 12.1. The monoisotopic (exact) mass is 905 g/mol. The molecule has 15 heteroatoms. The van der Waals surface area contributed by atoms with Crippen LogP contribution in [0.1, 0.15) is 93.9 Å². The number of anilines is 2. The van der Waals surface area contributed by atoms with Gasteiger partial charge in [-0.2, -0.15) is 0 Å². The van der Waals surface area contributed by atoms with Gasteiger partial charge in [0.1, 0.15) is 11.5 Å². The van der Waals surface area contributed by atoms with Crippen molar-refractivity contribution >= 4 is 45.9 Å². The number of aromatic nitrogens is 1. The molecule has 4 aromatic carbocycles. The zero-order valence-electron chi connectivity index (χ0n) is 36.8. The number of amides is 2. The summed E-state index contributed by atoms with van der Waals surface area (Å²) >= 11 is 6.66. The third-order valence-corrected chi connectivity index (χ3v) is 12.4. The highest BCUT2D eigenvalue weighted by molar-refractivity contribution is 6.33. The van der Waals surface area contributed by atoms with Crippen molar-refractivity contribution in [3.05, 3.63) is 117 Å². The maximum absolute atomic E-state index is 13.3. The summed E-state index contributed by atoms with van der Waals surface area (Å²) < 4.78 is 5.63. The largest absolute Gasteiger partial charge is 0.506 e. The Kier molecular flexibility index (Phi) is 19.6. The minimum Gasteiger partial charge on any atom is -0.506 e. The number of unbranched alkanes of at least 4 members (excludes halogenated alkanes) is 3. The molecule has 1 aliphatic rings. The zero-order valence-corrected chi connectivity index (χ0v) is 37.5. The van der Waals surface area contributed by atoms with Crippen LogP contribution in [-0.4, -0.2) is 76.5 Å². The number of aryl methyl sites for hydroxylation is 1. The molecule has 0 radical (unpaired) electrons. The standard InChI is InChI=1S/C49H60ClN5O7.2FH/c1-4-5-6-10-26-54(2)35-17-19-36(20-18-35)55(49(60)61)42-27-32(16-21-37(42)33-13-8-7-9-14-33)12-11-15-46(58)52-41-29-45(62-3)34(28-40(41)50)30-51-31-44(57)38-22-24-43(56)48-39(38)23-25-47(59)53-48;;/h7-9,13-14,16,21-25,27-29,35-36,44,51,56-57H,4-6,10-12,15,17-20,26,30-31H2,1-3H3,(H,52,58)(H,53,59)(H,60,61);2*1H/t35-,36-,44?;;. The maximum Gasteiger partial charge on any atom is 0.412 e. The normalized spacial score (nSPS) is 15.2. The molecule has 2 amide bonds. The van der Waals surface area contributed by atoms with E-state index in [0.717, 1.165) is 48.9 Å². The van der Waals surface area contributed by atoms with Gasteiger partial charge in [0, 0.05) is 60.2 Å². The molecule has 0 aliphatic heterocycles. The van der Waals surface area contributed by atoms with Crippen molar-refractivity contribution in [2.75, 3.05) is 37.5 Å². The fraction of sp³-hybridized carbons (Fsp3) is 0.408. The average Bonchev–Trinajstić information content (AvgIpc) is 3.26. The second-order valence-corrected chi connectivity index (χ2v) is 16.8. The first kappa shape index (κ1) is 51.1. The number of aliphatic hydroxyl groups excluding tert-OH is 1. The fourth-order valence-electron chi connectivity index (χ4n) is 8.66. The van der Waals surface area contributed by atoms with E-state index < -0.39 is 12.2 Å². The number of nitrogens with one attached hydrogen (secondary N) is 3. The van der Waals surface area contributed by atoms with E-state index in [1.165, 1.54) is 44.9 Å². The van der Waals surface area contributed by atoms with Crippen LogP contribution in [0.4, 0.5) is 25.6 Å². The minimum atomic E-state index is -0.954. The highest BCUT2D eigenvalue weighted by Gasteiger charge is 2.33. The molecule has 346 valence electrons. The number of ether oxygens (including phenoxy) is 1. The quantitative estimate of drug-likeness (QED) is 0.0417. The number of fused-ring (bicyclic) bond motifs is 1. The van der Waals surface area contributed by atoms with Crippen LogP contribution in [0.15, 0.2) is 89.7 Å². The van der Waals surface area contributed by atoms with E-state index in [1.807, 2.05) is 48.5 Å². The lowest BCUT2D eigenvalue weighted by Gasteiger charge is -2.39. The van der Waals surface area contributed by atoms with Gasteiger partial charge in [-0.15, -0.1) is 0 Å². The molecule has 12 nitrogen and oxygen atoms in total. The van der Waals surface area contributed by atoms with Gasteiger partial charge in [0.2, 0.25) is 11.5 Å². The molecule has 0 saturated heterocycles. The number of carboxylic acid groups (broad SMARTS) is 1. The lowest BCUT2D eigenvalue weighted by atomic mass is 9.88. The van der Waals surface area contributed by atoms with Crippen LogP contribution in [0.5, 0.6) is 11.5 Å². The smallest absolute Gasteiger partial charge is 0.412 e. The van der Waals surface area contributed by atoms with Gasteiger partial charge in [0.05, 0.1) is 35.1 Å². The summed E-state index contributed by atoms with van der Waals surface area (Å²) in [5.74, 6) is 0.196. The van der Waals surface area contributed by atoms with Crippen molar-refractivity contribution in [3.8, 4) is 22.6 Å². The van der Waals surface area contributed by atoms with Gasteiger partial charge in [-0.05, 0) is 99.5 Å². The first-order valence-electron chi connectivity index (χ1n) is 21.8. The van der Waals surface area contributed by atoms with Crippen molar-refractivity contribution < 1.29 is 39.1 Å². The van der Waals surface area contributed by atoms with Gasteiger partial charge in [0.15, 0.2) is 0 Å². The number of carbonyl (C=O) groups is 2. The number of nitrogens with zero attached hydrogens (tertiary/aromatic N) is 2. The molecule has 1 fully saturated rings. The molecule has 1 aromatic heterocycles. The molecule has 6 N–H and O–H groups in total. The number of benzene rings is 4. The van der Waals surface area contributed by atoms with Crippen LogP contribution >= 0.6 is 11.6 Å². The number of H-pyrrole nitrogens is 1.